The Kier molecular flexibility index (Phi) is 5.09. The first-order valence-electron chi connectivity index (χ1n) is 7.27. The second-order valence-electron chi connectivity index (χ2n) is 5.34. The molecule has 0 atom stereocenters. The van der Waals surface area contributed by atoms with Gasteiger partial charge in [0, 0.05) is 17.1 Å². The van der Waals surface area contributed by atoms with E-state index in [1.165, 1.54) is 17.3 Å². The number of fused-ring (bicyclic) bond motifs is 1. The maximum Gasteiger partial charge on any atom is 0.234 e. The van der Waals surface area contributed by atoms with Gasteiger partial charge in [0.15, 0.2) is 5.16 Å². The van der Waals surface area contributed by atoms with Crippen molar-refractivity contribution < 1.29 is 4.79 Å². The summed E-state index contributed by atoms with van der Waals surface area (Å²) in [7, 11) is 0. The molecule has 0 aliphatic heterocycles. The Hall–Kier alpha value is -1.30. The molecule has 1 aliphatic carbocycles. The Morgan fingerprint density at radius 1 is 1.26 bits per heavy atom. The standard InChI is InChI=1S/C16H15Cl2N3OS/c1-9-11-3-2-4-14(11)21-16(19-9)23-8-15(22)20-10-5-6-12(17)13(18)7-10/h5-7H,2-4,8H2,1H3,(H,20,22). The molecular weight excluding hydrogens is 353 g/mol. The predicted octanol–water partition coefficient (Wildman–Crippen LogP) is 4.31. The highest BCUT2D eigenvalue weighted by atomic mass is 35.5. The Bertz CT molecular complexity index is 767. The van der Waals surface area contributed by atoms with Gasteiger partial charge in [-0.1, -0.05) is 35.0 Å². The third kappa shape index (κ3) is 3.97. The van der Waals surface area contributed by atoms with E-state index >= 15 is 0 Å². The third-order valence-corrected chi connectivity index (χ3v) is 5.24. The lowest BCUT2D eigenvalue weighted by Crippen LogP contribution is -2.14. The number of nitrogens with one attached hydrogen (secondary N) is 1. The SMILES string of the molecule is Cc1nc(SCC(=O)Nc2ccc(Cl)c(Cl)c2)nc2c1CCC2. The minimum atomic E-state index is -0.129. The van der Waals surface area contributed by atoms with Gasteiger partial charge in [0.25, 0.3) is 0 Å². The Balaban J connectivity index is 1.61. The molecule has 1 N–H and O–H groups in total. The van der Waals surface area contributed by atoms with Crippen molar-refractivity contribution in [1.82, 2.24) is 9.97 Å². The highest BCUT2D eigenvalue weighted by Crippen LogP contribution is 2.26. The Labute approximate surface area is 149 Å². The number of amides is 1. The van der Waals surface area contributed by atoms with E-state index < -0.39 is 0 Å². The zero-order chi connectivity index (χ0) is 16.4. The summed E-state index contributed by atoms with van der Waals surface area (Å²) in [6, 6.07) is 4.99. The molecule has 1 aromatic carbocycles. The molecule has 120 valence electrons. The summed E-state index contributed by atoms with van der Waals surface area (Å²) in [5.41, 5.74) is 4.05. The minimum Gasteiger partial charge on any atom is -0.325 e. The first-order chi connectivity index (χ1) is 11.0. The van der Waals surface area contributed by atoms with Gasteiger partial charge in [-0.25, -0.2) is 9.97 Å². The number of rotatable bonds is 4. The van der Waals surface area contributed by atoms with Crippen LogP contribution in [0.15, 0.2) is 23.4 Å². The van der Waals surface area contributed by atoms with Crippen LogP contribution in [0.1, 0.15) is 23.4 Å². The van der Waals surface area contributed by atoms with E-state index in [2.05, 4.69) is 15.3 Å². The molecular formula is C16H15Cl2N3OS. The average Bonchev–Trinajstić information content (AvgIpc) is 2.98. The van der Waals surface area contributed by atoms with Crippen molar-refractivity contribution in [2.75, 3.05) is 11.1 Å². The lowest BCUT2D eigenvalue weighted by molar-refractivity contribution is -0.113. The van der Waals surface area contributed by atoms with Crippen LogP contribution < -0.4 is 5.32 Å². The van der Waals surface area contributed by atoms with E-state index in [-0.39, 0.29) is 11.7 Å². The van der Waals surface area contributed by atoms with Gasteiger partial charge in [-0.15, -0.1) is 0 Å². The number of aromatic nitrogens is 2. The number of anilines is 1. The summed E-state index contributed by atoms with van der Waals surface area (Å²) in [5, 5.41) is 4.32. The number of aryl methyl sites for hydroxylation is 2. The summed E-state index contributed by atoms with van der Waals surface area (Å²) >= 11 is 13.1. The largest absolute Gasteiger partial charge is 0.325 e. The van der Waals surface area contributed by atoms with Crippen LogP contribution >= 0.6 is 35.0 Å². The molecule has 23 heavy (non-hydrogen) atoms. The molecule has 3 rings (SSSR count). The maximum absolute atomic E-state index is 12.0. The number of carbonyl (C=O) groups is 1. The van der Waals surface area contributed by atoms with Crippen LogP contribution in [0.4, 0.5) is 5.69 Å². The summed E-state index contributed by atoms with van der Waals surface area (Å²) in [5.74, 6) is 0.119. The van der Waals surface area contributed by atoms with E-state index in [0.717, 1.165) is 30.7 Å². The molecule has 0 radical (unpaired) electrons. The van der Waals surface area contributed by atoms with Gasteiger partial charge in [0.05, 0.1) is 15.8 Å². The molecule has 2 aromatic rings. The number of hydrogen-bond acceptors (Lipinski definition) is 4. The van der Waals surface area contributed by atoms with Crippen LogP contribution in [-0.4, -0.2) is 21.6 Å². The van der Waals surface area contributed by atoms with Gasteiger partial charge in [0.2, 0.25) is 5.91 Å². The van der Waals surface area contributed by atoms with Crippen molar-refractivity contribution in [1.29, 1.82) is 0 Å². The molecule has 0 saturated carbocycles. The van der Waals surface area contributed by atoms with Gasteiger partial charge >= 0.3 is 0 Å². The molecule has 0 spiro atoms. The number of hydrogen-bond donors (Lipinski definition) is 1. The van der Waals surface area contributed by atoms with Gasteiger partial charge in [0.1, 0.15) is 0 Å². The summed E-state index contributed by atoms with van der Waals surface area (Å²) in [6.07, 6.45) is 3.20. The van der Waals surface area contributed by atoms with Crippen molar-refractivity contribution >= 4 is 46.6 Å². The fourth-order valence-electron chi connectivity index (χ4n) is 2.56. The molecule has 0 unspecified atom stereocenters. The lowest BCUT2D eigenvalue weighted by Gasteiger charge is -2.08. The second kappa shape index (κ2) is 7.07. The molecule has 1 aromatic heterocycles. The second-order valence-corrected chi connectivity index (χ2v) is 7.09. The predicted molar refractivity (Wildman–Crippen MR) is 94.6 cm³/mol. The van der Waals surface area contributed by atoms with Crippen LogP contribution in [0.2, 0.25) is 10.0 Å². The van der Waals surface area contributed by atoms with Gasteiger partial charge in [-0.05, 0) is 49.9 Å². The molecule has 1 amide bonds. The number of benzene rings is 1. The third-order valence-electron chi connectivity index (χ3n) is 3.66. The van der Waals surface area contributed by atoms with Gasteiger partial charge in [-0.2, -0.15) is 0 Å². The van der Waals surface area contributed by atoms with Crippen LogP contribution in [0.3, 0.4) is 0 Å². The van der Waals surface area contributed by atoms with Crippen molar-refractivity contribution in [3.8, 4) is 0 Å². The number of carbonyl (C=O) groups excluding carboxylic acids is 1. The molecule has 7 heteroatoms. The summed E-state index contributed by atoms with van der Waals surface area (Å²) in [6.45, 7) is 2.01. The monoisotopic (exact) mass is 367 g/mol. The van der Waals surface area contributed by atoms with E-state index in [9.17, 15) is 4.79 Å². The van der Waals surface area contributed by atoms with Crippen LogP contribution in [0.5, 0.6) is 0 Å². The molecule has 0 fully saturated rings. The fourth-order valence-corrected chi connectivity index (χ4v) is 3.56. The summed E-state index contributed by atoms with van der Waals surface area (Å²) < 4.78 is 0. The van der Waals surface area contributed by atoms with E-state index in [1.54, 1.807) is 18.2 Å². The zero-order valence-electron chi connectivity index (χ0n) is 12.5. The quantitative estimate of drug-likeness (QED) is 0.645. The maximum atomic E-state index is 12.0. The first-order valence-corrected chi connectivity index (χ1v) is 9.01. The Morgan fingerprint density at radius 3 is 2.87 bits per heavy atom. The van der Waals surface area contributed by atoms with E-state index in [4.69, 9.17) is 23.2 Å². The fraction of sp³-hybridized carbons (Fsp3) is 0.312. The summed E-state index contributed by atoms with van der Waals surface area (Å²) in [4.78, 5) is 21.1. The van der Waals surface area contributed by atoms with Crippen molar-refractivity contribution in [2.24, 2.45) is 0 Å². The zero-order valence-corrected chi connectivity index (χ0v) is 14.9. The number of halogens is 2. The topological polar surface area (TPSA) is 54.9 Å². The minimum absolute atomic E-state index is 0.129. The van der Waals surface area contributed by atoms with Crippen molar-refractivity contribution in [3.05, 3.63) is 45.2 Å². The van der Waals surface area contributed by atoms with Crippen LogP contribution in [-0.2, 0) is 17.6 Å². The molecule has 0 saturated heterocycles. The molecule has 1 aliphatic rings. The smallest absolute Gasteiger partial charge is 0.234 e. The van der Waals surface area contributed by atoms with Crippen LogP contribution in [0.25, 0.3) is 0 Å². The highest BCUT2D eigenvalue weighted by molar-refractivity contribution is 7.99. The van der Waals surface area contributed by atoms with Crippen molar-refractivity contribution in [2.45, 2.75) is 31.3 Å². The molecule has 4 nitrogen and oxygen atoms in total. The van der Waals surface area contributed by atoms with Gasteiger partial charge in [-0.3, -0.25) is 4.79 Å². The lowest BCUT2D eigenvalue weighted by atomic mass is 10.2. The normalized spacial score (nSPS) is 13.0. The Morgan fingerprint density at radius 2 is 2.09 bits per heavy atom. The average molecular weight is 368 g/mol. The van der Waals surface area contributed by atoms with Crippen molar-refractivity contribution in [3.63, 3.8) is 0 Å². The molecule has 1 heterocycles. The van der Waals surface area contributed by atoms with Crippen LogP contribution in [0, 0.1) is 6.92 Å². The number of nitrogens with zero attached hydrogens (tertiary/aromatic N) is 2. The van der Waals surface area contributed by atoms with E-state index in [0.29, 0.717) is 20.9 Å². The first kappa shape index (κ1) is 16.6. The van der Waals surface area contributed by atoms with E-state index in [1.807, 2.05) is 6.92 Å². The number of thioether (sulfide) groups is 1. The van der Waals surface area contributed by atoms with Gasteiger partial charge < -0.3 is 5.32 Å². The molecule has 0 bridgehead atoms. The highest BCUT2D eigenvalue weighted by Gasteiger charge is 2.17.